The fraction of sp³-hybridized carbons (Fsp3) is 0.526. The summed E-state index contributed by atoms with van der Waals surface area (Å²) in [4.78, 5) is 29.5. The van der Waals surface area contributed by atoms with Crippen molar-refractivity contribution < 1.29 is 27.5 Å². The number of methoxy groups -OCH3 is 1. The Morgan fingerprint density at radius 3 is 2.60 bits per heavy atom. The van der Waals surface area contributed by atoms with E-state index in [0.29, 0.717) is 0 Å². The smallest absolute Gasteiger partial charge is 0.383 e. The molecule has 0 saturated carbocycles. The van der Waals surface area contributed by atoms with Crippen molar-refractivity contribution >= 4 is 17.6 Å². The third kappa shape index (κ3) is 5.33. The van der Waals surface area contributed by atoms with E-state index in [9.17, 15) is 22.8 Å². The molecule has 0 radical (unpaired) electrons. The quantitative estimate of drug-likeness (QED) is 0.720. The molecule has 1 aliphatic rings. The van der Waals surface area contributed by atoms with Crippen LogP contribution in [0.3, 0.4) is 0 Å². The van der Waals surface area contributed by atoms with Crippen LogP contribution in [0, 0.1) is 11.3 Å². The number of nitriles is 1. The lowest BCUT2D eigenvalue weighted by atomic mass is 10.0. The van der Waals surface area contributed by atoms with Crippen molar-refractivity contribution in [1.29, 1.82) is 5.26 Å². The molecule has 1 N–H and O–H groups in total. The van der Waals surface area contributed by atoms with Gasteiger partial charge in [-0.3, -0.25) is 4.79 Å². The van der Waals surface area contributed by atoms with Gasteiger partial charge in [-0.2, -0.15) is 18.4 Å². The number of anilines is 1. The van der Waals surface area contributed by atoms with Crippen molar-refractivity contribution in [2.45, 2.75) is 12.2 Å². The maximum absolute atomic E-state index is 13.4. The largest absolute Gasteiger partial charge is 0.417 e. The molecule has 1 aliphatic heterocycles. The summed E-state index contributed by atoms with van der Waals surface area (Å²) >= 11 is 0. The second-order valence-electron chi connectivity index (χ2n) is 6.96. The molecule has 0 aliphatic carbocycles. The normalized spacial score (nSPS) is 16.8. The van der Waals surface area contributed by atoms with Crippen LogP contribution in [-0.2, 0) is 15.7 Å². The highest BCUT2D eigenvalue weighted by Crippen LogP contribution is 2.35. The van der Waals surface area contributed by atoms with Crippen molar-refractivity contribution in [3.63, 3.8) is 0 Å². The van der Waals surface area contributed by atoms with E-state index < -0.39 is 29.3 Å². The summed E-state index contributed by atoms with van der Waals surface area (Å²) in [5.41, 5.74) is -1.40. The van der Waals surface area contributed by atoms with Gasteiger partial charge in [-0.15, -0.1) is 0 Å². The van der Waals surface area contributed by atoms with Crippen LogP contribution in [0.2, 0.25) is 0 Å². The zero-order valence-corrected chi connectivity index (χ0v) is 17.0. The van der Waals surface area contributed by atoms with E-state index in [1.54, 1.807) is 20.2 Å². The summed E-state index contributed by atoms with van der Waals surface area (Å²) < 4.78 is 45.0. The molecule has 11 heteroatoms. The number of benzene rings is 1. The van der Waals surface area contributed by atoms with Gasteiger partial charge < -0.3 is 24.8 Å². The number of hydrogen-bond donors (Lipinski definition) is 1. The van der Waals surface area contributed by atoms with E-state index in [1.165, 1.54) is 27.9 Å². The minimum Gasteiger partial charge on any atom is -0.383 e. The Hall–Kier alpha value is -3.00. The molecule has 0 bridgehead atoms. The zero-order valence-electron chi connectivity index (χ0n) is 17.0. The van der Waals surface area contributed by atoms with Crippen molar-refractivity contribution in [3.8, 4) is 6.07 Å². The fourth-order valence-electron chi connectivity index (χ4n) is 3.21. The van der Waals surface area contributed by atoms with E-state index in [4.69, 9.17) is 10.00 Å². The minimum atomic E-state index is -4.71. The summed E-state index contributed by atoms with van der Waals surface area (Å²) in [6, 6.07) is 3.71. The van der Waals surface area contributed by atoms with Crippen molar-refractivity contribution in [2.24, 2.45) is 0 Å². The number of nitrogens with one attached hydrogen (secondary N) is 1. The third-order valence-corrected chi connectivity index (χ3v) is 4.70. The topological polar surface area (TPSA) is 88.9 Å². The van der Waals surface area contributed by atoms with Gasteiger partial charge in [0.05, 0.1) is 30.3 Å². The van der Waals surface area contributed by atoms with Gasteiger partial charge in [0.1, 0.15) is 6.04 Å². The minimum absolute atomic E-state index is 0.0111. The first-order valence-corrected chi connectivity index (χ1v) is 9.21. The van der Waals surface area contributed by atoms with E-state index >= 15 is 0 Å². The summed E-state index contributed by atoms with van der Waals surface area (Å²) in [6.45, 7) is 0.902. The molecular weight excluding hydrogens is 403 g/mol. The molecule has 8 nitrogen and oxygen atoms in total. The number of urea groups is 1. The van der Waals surface area contributed by atoms with Gasteiger partial charge in [0.2, 0.25) is 5.91 Å². The SMILES string of the molecule is COCCNC(=O)C1CN(C(=O)N(C)C)CCN1c1ccc(C#N)c(C(F)(F)F)c1. The first kappa shape index (κ1) is 23.3. The summed E-state index contributed by atoms with van der Waals surface area (Å²) in [7, 11) is 4.64. The number of nitrogens with zero attached hydrogens (tertiary/aromatic N) is 4. The van der Waals surface area contributed by atoms with E-state index in [1.807, 2.05) is 0 Å². The lowest BCUT2D eigenvalue weighted by Gasteiger charge is -2.42. The van der Waals surface area contributed by atoms with Crippen LogP contribution in [0.15, 0.2) is 18.2 Å². The van der Waals surface area contributed by atoms with Crippen molar-refractivity contribution in [1.82, 2.24) is 15.1 Å². The summed E-state index contributed by atoms with van der Waals surface area (Å²) in [6.07, 6.45) is -4.71. The molecule has 1 aromatic carbocycles. The van der Waals surface area contributed by atoms with E-state index in [-0.39, 0.29) is 44.5 Å². The van der Waals surface area contributed by atoms with Crippen LogP contribution < -0.4 is 10.2 Å². The molecule has 1 unspecified atom stereocenters. The van der Waals surface area contributed by atoms with Gasteiger partial charge in [0.25, 0.3) is 0 Å². The van der Waals surface area contributed by atoms with Crippen LogP contribution in [-0.4, -0.2) is 81.8 Å². The molecule has 0 spiro atoms. The predicted molar refractivity (Wildman–Crippen MR) is 103 cm³/mol. The predicted octanol–water partition coefficient (Wildman–Crippen LogP) is 1.51. The van der Waals surface area contributed by atoms with Gasteiger partial charge in [-0.1, -0.05) is 0 Å². The monoisotopic (exact) mass is 427 g/mol. The fourth-order valence-corrected chi connectivity index (χ4v) is 3.21. The Labute approximate surface area is 172 Å². The number of amides is 3. The second-order valence-corrected chi connectivity index (χ2v) is 6.96. The molecule has 30 heavy (non-hydrogen) atoms. The van der Waals surface area contributed by atoms with Gasteiger partial charge >= 0.3 is 12.2 Å². The number of rotatable bonds is 5. The highest BCUT2D eigenvalue weighted by Gasteiger charge is 2.38. The van der Waals surface area contributed by atoms with Crippen LogP contribution in [0.5, 0.6) is 0 Å². The van der Waals surface area contributed by atoms with Gasteiger partial charge in [-0.25, -0.2) is 4.79 Å². The second kappa shape index (κ2) is 9.67. The Morgan fingerprint density at radius 1 is 1.33 bits per heavy atom. The van der Waals surface area contributed by atoms with Gasteiger partial charge in [0, 0.05) is 46.5 Å². The van der Waals surface area contributed by atoms with Crippen molar-refractivity contribution in [3.05, 3.63) is 29.3 Å². The summed E-state index contributed by atoms with van der Waals surface area (Å²) in [5, 5.41) is 11.7. The first-order valence-electron chi connectivity index (χ1n) is 9.21. The number of alkyl halides is 3. The maximum Gasteiger partial charge on any atom is 0.417 e. The van der Waals surface area contributed by atoms with E-state index in [0.717, 1.165) is 12.1 Å². The highest BCUT2D eigenvalue weighted by atomic mass is 19.4. The highest BCUT2D eigenvalue weighted by molar-refractivity contribution is 5.87. The standard InChI is InChI=1S/C19H24F3N5O3/c1-25(2)18(29)26-7-8-27(16(12-26)17(28)24-6-9-30-3)14-5-4-13(11-23)15(10-14)19(20,21)22/h4-5,10,16H,6-9,12H2,1-3H3,(H,24,28). The molecule has 1 atom stereocenters. The van der Waals surface area contributed by atoms with Gasteiger partial charge in [0.15, 0.2) is 0 Å². The number of carbonyl (C=O) groups is 2. The molecule has 1 fully saturated rings. The Bertz CT molecular complexity index is 823. The number of hydrogen-bond acceptors (Lipinski definition) is 5. The molecule has 1 heterocycles. The Kier molecular flexibility index (Phi) is 7.50. The lowest BCUT2D eigenvalue weighted by Crippen LogP contribution is -2.61. The molecule has 2 rings (SSSR count). The molecule has 1 saturated heterocycles. The number of ether oxygens (including phenoxy) is 1. The zero-order chi connectivity index (χ0) is 22.5. The molecule has 1 aromatic rings. The van der Waals surface area contributed by atoms with Crippen LogP contribution >= 0.6 is 0 Å². The average molecular weight is 427 g/mol. The summed E-state index contributed by atoms with van der Waals surface area (Å²) in [5.74, 6) is -0.429. The molecule has 164 valence electrons. The Morgan fingerprint density at radius 2 is 2.03 bits per heavy atom. The lowest BCUT2D eigenvalue weighted by molar-refractivity contribution is -0.137. The van der Waals surface area contributed by atoms with Crippen molar-refractivity contribution in [2.75, 3.05) is 58.9 Å². The van der Waals surface area contributed by atoms with Crippen LogP contribution in [0.4, 0.5) is 23.7 Å². The molecule has 3 amide bonds. The van der Waals surface area contributed by atoms with Crippen LogP contribution in [0.1, 0.15) is 11.1 Å². The first-order chi connectivity index (χ1) is 14.1. The average Bonchev–Trinajstić information content (AvgIpc) is 2.71. The Balaban J connectivity index is 2.37. The van der Waals surface area contributed by atoms with E-state index in [2.05, 4.69) is 5.32 Å². The maximum atomic E-state index is 13.4. The third-order valence-electron chi connectivity index (χ3n) is 4.70. The van der Waals surface area contributed by atoms with Gasteiger partial charge in [-0.05, 0) is 18.2 Å². The number of piperazine rings is 1. The molecular formula is C19H24F3N5O3. The number of halogens is 3. The number of carbonyl (C=O) groups excluding carboxylic acids is 2. The molecule has 0 aromatic heterocycles. The van der Waals surface area contributed by atoms with Crippen LogP contribution in [0.25, 0.3) is 0 Å².